The van der Waals surface area contributed by atoms with E-state index < -0.39 is 0 Å². The molecule has 0 spiro atoms. The summed E-state index contributed by atoms with van der Waals surface area (Å²) in [5.41, 5.74) is 6.15. The van der Waals surface area contributed by atoms with Gasteiger partial charge in [-0.3, -0.25) is 4.90 Å². The average molecular weight is 272 g/mol. The summed E-state index contributed by atoms with van der Waals surface area (Å²) in [7, 11) is 1.78. The summed E-state index contributed by atoms with van der Waals surface area (Å²) in [6.07, 6.45) is 2.34. The molecule has 19 heavy (non-hydrogen) atoms. The number of nitrogens with zero attached hydrogens (tertiary/aromatic N) is 1. The van der Waals surface area contributed by atoms with Crippen LogP contribution in [0.25, 0.3) is 0 Å². The van der Waals surface area contributed by atoms with Gasteiger partial charge in [0.1, 0.15) is 0 Å². The summed E-state index contributed by atoms with van der Waals surface area (Å²) in [6.45, 7) is 16.1. The number of ether oxygens (including phenoxy) is 1. The maximum absolute atomic E-state index is 6.20. The number of hydrogen-bond donors (Lipinski definition) is 1. The van der Waals surface area contributed by atoms with E-state index in [4.69, 9.17) is 10.5 Å². The van der Waals surface area contributed by atoms with Crippen LogP contribution in [0, 0.1) is 11.8 Å². The van der Waals surface area contributed by atoms with Gasteiger partial charge in [0.25, 0.3) is 0 Å². The van der Waals surface area contributed by atoms with Gasteiger partial charge in [0.05, 0.1) is 12.1 Å². The molecule has 2 N–H and O–H groups in total. The Hall–Kier alpha value is -0.120. The molecule has 3 nitrogen and oxygen atoms in total. The van der Waals surface area contributed by atoms with Crippen molar-refractivity contribution >= 4 is 0 Å². The Morgan fingerprint density at radius 1 is 1.11 bits per heavy atom. The summed E-state index contributed by atoms with van der Waals surface area (Å²) in [6, 6.07) is 0.587. The minimum absolute atomic E-state index is 0.0459. The summed E-state index contributed by atoms with van der Waals surface area (Å²) in [4.78, 5) is 2.63. The van der Waals surface area contributed by atoms with E-state index in [2.05, 4.69) is 46.4 Å². The normalized spacial score (nSPS) is 15.8. The van der Waals surface area contributed by atoms with E-state index >= 15 is 0 Å². The third-order valence-corrected chi connectivity index (χ3v) is 4.34. The molecule has 1 unspecified atom stereocenters. The Labute approximate surface area is 120 Å². The van der Waals surface area contributed by atoms with Crippen LogP contribution in [0.4, 0.5) is 0 Å². The Balaban J connectivity index is 5.44. The highest BCUT2D eigenvalue weighted by Gasteiger charge is 2.41. The van der Waals surface area contributed by atoms with Gasteiger partial charge in [-0.15, -0.1) is 0 Å². The predicted octanol–water partition coefficient (Wildman–Crippen LogP) is 3.13. The zero-order chi connectivity index (χ0) is 15.1. The topological polar surface area (TPSA) is 38.5 Å². The summed E-state index contributed by atoms with van der Waals surface area (Å²) in [5, 5.41) is 0. The number of methoxy groups -OCH3 is 1. The Bertz CT molecular complexity index is 227. The Morgan fingerprint density at radius 2 is 1.63 bits per heavy atom. The van der Waals surface area contributed by atoms with Crippen molar-refractivity contribution in [3.05, 3.63) is 0 Å². The van der Waals surface area contributed by atoms with E-state index in [1.807, 2.05) is 0 Å². The van der Waals surface area contributed by atoms with Crippen LogP contribution < -0.4 is 5.73 Å². The molecular weight excluding hydrogens is 236 g/mol. The second-order valence-corrected chi connectivity index (χ2v) is 6.41. The smallest absolute Gasteiger partial charge is 0.0661 e. The SMILES string of the molecule is CCC(CC)N(CC(C)C)C(CN)(COC)C(C)C. The number of hydrogen-bond acceptors (Lipinski definition) is 3. The van der Waals surface area contributed by atoms with Crippen molar-refractivity contribution in [1.29, 1.82) is 0 Å². The minimum atomic E-state index is -0.0459. The lowest BCUT2D eigenvalue weighted by Crippen LogP contribution is -2.64. The van der Waals surface area contributed by atoms with Gasteiger partial charge in [0.2, 0.25) is 0 Å². The molecule has 0 bridgehead atoms. The van der Waals surface area contributed by atoms with E-state index in [0.717, 1.165) is 6.54 Å². The van der Waals surface area contributed by atoms with Crippen LogP contribution in [-0.2, 0) is 4.74 Å². The minimum Gasteiger partial charge on any atom is -0.383 e. The van der Waals surface area contributed by atoms with Crippen LogP contribution in [0.1, 0.15) is 54.4 Å². The van der Waals surface area contributed by atoms with Gasteiger partial charge >= 0.3 is 0 Å². The van der Waals surface area contributed by atoms with Crippen molar-refractivity contribution in [2.75, 3.05) is 26.8 Å². The van der Waals surface area contributed by atoms with Crippen molar-refractivity contribution in [2.24, 2.45) is 17.6 Å². The van der Waals surface area contributed by atoms with Crippen LogP contribution in [0.5, 0.6) is 0 Å². The Kier molecular flexibility index (Phi) is 8.88. The van der Waals surface area contributed by atoms with Crippen molar-refractivity contribution in [2.45, 2.75) is 66.0 Å². The average Bonchev–Trinajstić information content (AvgIpc) is 2.35. The fourth-order valence-corrected chi connectivity index (χ4v) is 3.06. The molecule has 0 aliphatic heterocycles. The van der Waals surface area contributed by atoms with Crippen LogP contribution in [-0.4, -0.2) is 43.3 Å². The zero-order valence-corrected chi connectivity index (χ0v) is 14.2. The standard InChI is InChI=1S/C16H36N2O/c1-8-15(9-2)18(10-13(3)4)16(11-17,12-19-7)14(5)6/h13-15H,8-12,17H2,1-7H3. The largest absolute Gasteiger partial charge is 0.383 e. The molecule has 0 aromatic carbocycles. The predicted molar refractivity (Wildman–Crippen MR) is 84.4 cm³/mol. The van der Waals surface area contributed by atoms with Gasteiger partial charge in [-0.2, -0.15) is 0 Å². The lowest BCUT2D eigenvalue weighted by molar-refractivity contribution is -0.0489. The van der Waals surface area contributed by atoms with E-state index in [-0.39, 0.29) is 5.54 Å². The summed E-state index contributed by atoms with van der Waals surface area (Å²) < 4.78 is 5.54. The molecule has 0 aliphatic carbocycles. The number of rotatable bonds is 10. The molecule has 0 rings (SSSR count). The molecule has 1 atom stereocenters. The fourth-order valence-electron chi connectivity index (χ4n) is 3.06. The lowest BCUT2D eigenvalue weighted by atomic mass is 9.82. The molecule has 3 heteroatoms. The van der Waals surface area contributed by atoms with E-state index in [9.17, 15) is 0 Å². The lowest BCUT2D eigenvalue weighted by Gasteiger charge is -2.50. The molecule has 0 aliphatic rings. The highest BCUT2D eigenvalue weighted by molar-refractivity contribution is 4.97. The van der Waals surface area contributed by atoms with Crippen molar-refractivity contribution in [1.82, 2.24) is 4.90 Å². The molecule has 0 aromatic rings. The van der Waals surface area contributed by atoms with Gasteiger partial charge < -0.3 is 10.5 Å². The maximum atomic E-state index is 6.20. The molecule has 0 radical (unpaired) electrons. The maximum Gasteiger partial charge on any atom is 0.0661 e. The third kappa shape index (κ3) is 4.73. The van der Waals surface area contributed by atoms with Gasteiger partial charge in [-0.1, -0.05) is 41.5 Å². The highest BCUT2D eigenvalue weighted by Crippen LogP contribution is 2.30. The molecule has 0 saturated carbocycles. The van der Waals surface area contributed by atoms with E-state index in [0.29, 0.717) is 31.0 Å². The quantitative estimate of drug-likeness (QED) is 0.664. The molecule has 0 heterocycles. The highest BCUT2D eigenvalue weighted by atomic mass is 16.5. The summed E-state index contributed by atoms with van der Waals surface area (Å²) >= 11 is 0. The molecule has 0 aromatic heterocycles. The van der Waals surface area contributed by atoms with E-state index in [1.165, 1.54) is 12.8 Å². The molecule has 0 saturated heterocycles. The first kappa shape index (κ1) is 18.9. The van der Waals surface area contributed by atoms with Crippen molar-refractivity contribution in [3.63, 3.8) is 0 Å². The molecule has 116 valence electrons. The fraction of sp³-hybridized carbons (Fsp3) is 1.00. The molecule has 0 fully saturated rings. The van der Waals surface area contributed by atoms with Gasteiger partial charge in [-0.05, 0) is 24.7 Å². The van der Waals surface area contributed by atoms with Gasteiger partial charge in [0.15, 0.2) is 0 Å². The monoisotopic (exact) mass is 272 g/mol. The molecular formula is C16H36N2O. The Morgan fingerprint density at radius 3 is 1.89 bits per heavy atom. The first-order chi connectivity index (χ1) is 8.89. The van der Waals surface area contributed by atoms with E-state index in [1.54, 1.807) is 7.11 Å². The van der Waals surface area contributed by atoms with Crippen LogP contribution >= 0.6 is 0 Å². The third-order valence-electron chi connectivity index (χ3n) is 4.34. The van der Waals surface area contributed by atoms with Gasteiger partial charge in [0, 0.05) is 26.2 Å². The second-order valence-electron chi connectivity index (χ2n) is 6.41. The van der Waals surface area contributed by atoms with Crippen molar-refractivity contribution in [3.8, 4) is 0 Å². The van der Waals surface area contributed by atoms with Crippen LogP contribution in [0.2, 0.25) is 0 Å². The van der Waals surface area contributed by atoms with Crippen LogP contribution in [0.3, 0.4) is 0 Å². The van der Waals surface area contributed by atoms with Gasteiger partial charge in [-0.25, -0.2) is 0 Å². The number of nitrogens with two attached hydrogens (primary N) is 1. The first-order valence-electron chi connectivity index (χ1n) is 7.85. The van der Waals surface area contributed by atoms with Crippen LogP contribution in [0.15, 0.2) is 0 Å². The zero-order valence-electron chi connectivity index (χ0n) is 14.2. The first-order valence-corrected chi connectivity index (χ1v) is 7.85. The molecule has 0 amide bonds. The van der Waals surface area contributed by atoms with Crippen molar-refractivity contribution < 1.29 is 4.74 Å². The summed E-state index contributed by atoms with van der Waals surface area (Å²) in [5.74, 6) is 1.12. The second kappa shape index (κ2) is 8.93.